The molecule has 1 heterocycles. The number of hydrogen-bond donors (Lipinski definition) is 2. The van der Waals surface area contributed by atoms with E-state index >= 15 is 0 Å². The van der Waals surface area contributed by atoms with Gasteiger partial charge < -0.3 is 10.8 Å². The molecule has 0 saturated heterocycles. The van der Waals surface area contributed by atoms with Gasteiger partial charge in [0.05, 0.1) is 10.9 Å². The standard InChI is InChI=1S/C10H11N5O2S/c1-6(9(11)17)18-10-12-13-14-15(10)7-2-4-8(16)5-3-7/h2-6,16H,1H3,(H2,11,17)/t6-/m1/s1. The summed E-state index contributed by atoms with van der Waals surface area (Å²) in [6.45, 7) is 1.68. The molecule has 0 bridgehead atoms. The number of carbonyl (C=O) groups excluding carboxylic acids is 1. The second kappa shape index (κ2) is 5.05. The summed E-state index contributed by atoms with van der Waals surface area (Å²) in [7, 11) is 0. The summed E-state index contributed by atoms with van der Waals surface area (Å²) in [5.74, 6) is -0.271. The number of aromatic hydroxyl groups is 1. The van der Waals surface area contributed by atoms with Gasteiger partial charge in [0.25, 0.3) is 0 Å². The van der Waals surface area contributed by atoms with Crippen molar-refractivity contribution in [1.82, 2.24) is 20.2 Å². The number of phenolic OH excluding ortho intramolecular Hbond substituents is 1. The lowest BCUT2D eigenvalue weighted by Crippen LogP contribution is -2.23. The molecule has 3 N–H and O–H groups in total. The van der Waals surface area contributed by atoms with Gasteiger partial charge in [-0.3, -0.25) is 4.79 Å². The second-order valence-corrected chi connectivity index (χ2v) is 4.86. The monoisotopic (exact) mass is 265 g/mol. The molecule has 0 aliphatic heterocycles. The second-order valence-electron chi connectivity index (χ2n) is 3.55. The van der Waals surface area contributed by atoms with Crippen LogP contribution in [0, 0.1) is 0 Å². The molecule has 0 radical (unpaired) electrons. The van der Waals surface area contributed by atoms with E-state index in [0.717, 1.165) is 0 Å². The van der Waals surface area contributed by atoms with Crippen LogP contribution in [0.3, 0.4) is 0 Å². The Morgan fingerprint density at radius 2 is 2.11 bits per heavy atom. The Hall–Kier alpha value is -2.09. The van der Waals surface area contributed by atoms with E-state index in [2.05, 4.69) is 15.5 Å². The van der Waals surface area contributed by atoms with Gasteiger partial charge in [-0.1, -0.05) is 11.8 Å². The number of hydrogen-bond acceptors (Lipinski definition) is 6. The maximum absolute atomic E-state index is 11.0. The van der Waals surface area contributed by atoms with Gasteiger partial charge in [0.15, 0.2) is 0 Å². The van der Waals surface area contributed by atoms with Crippen LogP contribution in [0.15, 0.2) is 29.4 Å². The molecule has 1 aromatic heterocycles. The Labute approximate surface area is 107 Å². The number of benzene rings is 1. The zero-order chi connectivity index (χ0) is 13.1. The van der Waals surface area contributed by atoms with Crippen LogP contribution >= 0.6 is 11.8 Å². The number of nitrogens with two attached hydrogens (primary N) is 1. The quantitative estimate of drug-likeness (QED) is 0.772. The summed E-state index contributed by atoms with van der Waals surface area (Å²) in [4.78, 5) is 11.0. The van der Waals surface area contributed by atoms with Crippen molar-refractivity contribution in [3.05, 3.63) is 24.3 Å². The fraction of sp³-hybridized carbons (Fsp3) is 0.200. The minimum atomic E-state index is -0.430. The molecular weight excluding hydrogens is 254 g/mol. The Balaban J connectivity index is 2.27. The molecule has 1 atom stereocenters. The minimum Gasteiger partial charge on any atom is -0.508 e. The van der Waals surface area contributed by atoms with Crippen molar-refractivity contribution in [2.75, 3.05) is 0 Å². The van der Waals surface area contributed by atoms with Gasteiger partial charge in [-0.15, -0.1) is 5.10 Å². The number of carbonyl (C=O) groups is 1. The zero-order valence-electron chi connectivity index (χ0n) is 9.52. The van der Waals surface area contributed by atoms with Crippen molar-refractivity contribution in [2.45, 2.75) is 17.3 Å². The third kappa shape index (κ3) is 2.59. The highest BCUT2D eigenvalue weighted by Crippen LogP contribution is 2.23. The number of nitrogens with zero attached hydrogens (tertiary/aromatic N) is 4. The summed E-state index contributed by atoms with van der Waals surface area (Å²) in [6, 6.07) is 6.40. The largest absolute Gasteiger partial charge is 0.508 e. The summed E-state index contributed by atoms with van der Waals surface area (Å²) >= 11 is 1.17. The van der Waals surface area contributed by atoms with E-state index in [-0.39, 0.29) is 5.75 Å². The van der Waals surface area contributed by atoms with E-state index in [4.69, 9.17) is 5.73 Å². The molecular formula is C10H11N5O2S. The third-order valence-electron chi connectivity index (χ3n) is 2.22. The first-order chi connectivity index (χ1) is 8.58. The van der Waals surface area contributed by atoms with E-state index in [1.54, 1.807) is 19.1 Å². The van der Waals surface area contributed by atoms with Crippen LogP contribution in [0.1, 0.15) is 6.92 Å². The van der Waals surface area contributed by atoms with Crippen LogP contribution in [0.25, 0.3) is 5.69 Å². The molecule has 0 unspecified atom stereocenters. The molecule has 2 rings (SSSR count). The fourth-order valence-electron chi connectivity index (χ4n) is 1.22. The highest BCUT2D eigenvalue weighted by molar-refractivity contribution is 8.00. The average Bonchev–Trinajstić information content (AvgIpc) is 2.78. The Kier molecular flexibility index (Phi) is 3.47. The van der Waals surface area contributed by atoms with Crippen molar-refractivity contribution in [1.29, 1.82) is 0 Å². The Bertz CT molecular complexity index is 554. The minimum absolute atomic E-state index is 0.159. The van der Waals surface area contributed by atoms with E-state index in [0.29, 0.717) is 10.8 Å². The van der Waals surface area contributed by atoms with Gasteiger partial charge >= 0.3 is 0 Å². The van der Waals surface area contributed by atoms with Gasteiger partial charge in [0.2, 0.25) is 11.1 Å². The first kappa shape index (κ1) is 12.4. The number of rotatable bonds is 4. The van der Waals surface area contributed by atoms with Crippen LogP contribution < -0.4 is 5.73 Å². The van der Waals surface area contributed by atoms with E-state index in [9.17, 15) is 9.90 Å². The molecule has 2 aromatic rings. The van der Waals surface area contributed by atoms with Crippen LogP contribution in [0.4, 0.5) is 0 Å². The van der Waals surface area contributed by atoms with Crippen LogP contribution in [0.2, 0.25) is 0 Å². The van der Waals surface area contributed by atoms with Crippen molar-refractivity contribution >= 4 is 17.7 Å². The number of amides is 1. The Morgan fingerprint density at radius 3 is 2.72 bits per heavy atom. The molecule has 0 spiro atoms. The number of thioether (sulfide) groups is 1. The molecule has 0 aliphatic carbocycles. The summed E-state index contributed by atoms with van der Waals surface area (Å²) in [5.41, 5.74) is 5.88. The van der Waals surface area contributed by atoms with Crippen molar-refractivity contribution in [2.24, 2.45) is 5.73 Å². The topological polar surface area (TPSA) is 107 Å². The highest BCUT2D eigenvalue weighted by Gasteiger charge is 2.16. The molecule has 0 saturated carbocycles. The van der Waals surface area contributed by atoms with Gasteiger partial charge in [0.1, 0.15) is 5.75 Å². The number of primary amides is 1. The lowest BCUT2D eigenvalue weighted by molar-refractivity contribution is -0.117. The molecule has 18 heavy (non-hydrogen) atoms. The lowest BCUT2D eigenvalue weighted by Gasteiger charge is -2.07. The summed E-state index contributed by atoms with van der Waals surface area (Å²) in [5, 5.41) is 20.5. The summed E-state index contributed by atoms with van der Waals surface area (Å²) < 4.78 is 1.48. The first-order valence-electron chi connectivity index (χ1n) is 5.11. The van der Waals surface area contributed by atoms with Crippen LogP contribution in [-0.4, -0.2) is 36.5 Å². The molecule has 0 fully saturated rings. The van der Waals surface area contributed by atoms with Gasteiger partial charge in [-0.2, -0.15) is 4.68 Å². The van der Waals surface area contributed by atoms with Gasteiger partial charge in [-0.05, 0) is 41.6 Å². The highest BCUT2D eigenvalue weighted by atomic mass is 32.2. The molecule has 7 nitrogen and oxygen atoms in total. The number of tetrazole rings is 1. The molecule has 1 aromatic carbocycles. The maximum Gasteiger partial charge on any atom is 0.230 e. The third-order valence-corrected chi connectivity index (χ3v) is 3.27. The van der Waals surface area contributed by atoms with Crippen molar-refractivity contribution in [3.63, 3.8) is 0 Å². The predicted octanol–water partition coefficient (Wildman–Crippen LogP) is 0.334. The van der Waals surface area contributed by atoms with E-state index < -0.39 is 11.2 Å². The van der Waals surface area contributed by atoms with Crippen LogP contribution in [-0.2, 0) is 4.79 Å². The lowest BCUT2D eigenvalue weighted by atomic mass is 10.3. The predicted molar refractivity (Wildman–Crippen MR) is 65.3 cm³/mol. The fourth-order valence-corrected chi connectivity index (χ4v) is 1.98. The number of aromatic nitrogens is 4. The van der Waals surface area contributed by atoms with E-state index in [1.165, 1.54) is 28.6 Å². The van der Waals surface area contributed by atoms with E-state index in [1.807, 2.05) is 0 Å². The van der Waals surface area contributed by atoms with Gasteiger partial charge in [-0.25, -0.2) is 0 Å². The van der Waals surface area contributed by atoms with Crippen LogP contribution in [0.5, 0.6) is 5.75 Å². The summed E-state index contributed by atoms with van der Waals surface area (Å²) in [6.07, 6.45) is 0. The van der Waals surface area contributed by atoms with Crippen molar-refractivity contribution in [3.8, 4) is 11.4 Å². The average molecular weight is 265 g/mol. The number of phenols is 1. The first-order valence-corrected chi connectivity index (χ1v) is 5.99. The maximum atomic E-state index is 11.0. The smallest absolute Gasteiger partial charge is 0.230 e. The SMILES string of the molecule is C[C@@H](Sc1nnnn1-c1ccc(O)cc1)C(N)=O. The normalized spacial score (nSPS) is 12.3. The Morgan fingerprint density at radius 1 is 1.44 bits per heavy atom. The van der Waals surface area contributed by atoms with Gasteiger partial charge in [0, 0.05) is 0 Å². The molecule has 94 valence electrons. The molecule has 1 amide bonds. The van der Waals surface area contributed by atoms with Crippen molar-refractivity contribution < 1.29 is 9.90 Å². The zero-order valence-corrected chi connectivity index (χ0v) is 10.3. The molecule has 0 aliphatic rings. The molecule has 8 heteroatoms.